The summed E-state index contributed by atoms with van der Waals surface area (Å²) < 4.78 is 10.7. The largest absolute Gasteiger partial charge is 0.493 e. The van der Waals surface area contributed by atoms with Crippen LogP contribution in [-0.4, -0.2) is 39.4 Å². The Balaban J connectivity index is 1.77. The minimum Gasteiger partial charge on any atom is -0.493 e. The summed E-state index contributed by atoms with van der Waals surface area (Å²) in [4.78, 5) is 4.28. The molecule has 1 aliphatic rings. The lowest BCUT2D eigenvalue weighted by atomic mass is 10.2. The number of nitrogens with zero attached hydrogens (tertiary/aromatic N) is 1. The van der Waals surface area contributed by atoms with Crippen molar-refractivity contribution in [2.75, 3.05) is 27.4 Å². The molecule has 1 aliphatic carbocycles. The van der Waals surface area contributed by atoms with Crippen molar-refractivity contribution < 1.29 is 9.47 Å². The van der Waals surface area contributed by atoms with Gasteiger partial charge in [0.25, 0.3) is 0 Å². The molecule has 0 atom stereocenters. The lowest BCUT2D eigenvalue weighted by Crippen LogP contribution is -2.42. The highest BCUT2D eigenvalue weighted by Gasteiger charge is 2.11. The maximum absolute atomic E-state index is 5.73. The molecule has 0 saturated carbocycles. The summed E-state index contributed by atoms with van der Waals surface area (Å²) in [5.41, 5.74) is 1.17. The first kappa shape index (κ1) is 17.3. The summed E-state index contributed by atoms with van der Waals surface area (Å²) in [6.07, 6.45) is 7.42. The van der Waals surface area contributed by atoms with E-state index < -0.39 is 0 Å². The minimum atomic E-state index is 0.455. The van der Waals surface area contributed by atoms with Crippen molar-refractivity contribution in [2.45, 2.75) is 31.8 Å². The van der Waals surface area contributed by atoms with Gasteiger partial charge in [-0.15, -0.1) is 0 Å². The summed E-state index contributed by atoms with van der Waals surface area (Å²) in [6, 6.07) is 8.59. The van der Waals surface area contributed by atoms with E-state index >= 15 is 0 Å². The fraction of sp³-hybridized carbons (Fsp3) is 0.500. The highest BCUT2D eigenvalue weighted by molar-refractivity contribution is 5.80. The number of hydrogen-bond acceptors (Lipinski definition) is 3. The monoisotopic (exact) mass is 317 g/mol. The Kier molecular flexibility index (Phi) is 7.46. The Hall–Kier alpha value is -2.01. The summed E-state index contributed by atoms with van der Waals surface area (Å²) in [7, 11) is 3.50. The molecule has 5 heteroatoms. The van der Waals surface area contributed by atoms with Crippen molar-refractivity contribution in [3.8, 4) is 5.75 Å². The molecule has 0 unspecified atom stereocenters. The molecule has 2 rings (SSSR count). The molecule has 0 radical (unpaired) electrons. The molecule has 5 nitrogen and oxygen atoms in total. The van der Waals surface area contributed by atoms with Gasteiger partial charge in [-0.25, -0.2) is 0 Å². The molecule has 1 aromatic carbocycles. The van der Waals surface area contributed by atoms with Gasteiger partial charge in [0, 0.05) is 39.8 Å². The molecular formula is C18H27N3O2. The molecule has 0 fully saturated rings. The third kappa shape index (κ3) is 6.32. The van der Waals surface area contributed by atoms with Crippen LogP contribution < -0.4 is 15.4 Å². The number of guanidine groups is 1. The average Bonchev–Trinajstić information content (AvgIpc) is 3.09. The van der Waals surface area contributed by atoms with E-state index in [1.165, 1.54) is 5.56 Å². The predicted molar refractivity (Wildman–Crippen MR) is 93.9 cm³/mol. The molecule has 0 aliphatic heterocycles. The van der Waals surface area contributed by atoms with Crippen LogP contribution in [0.25, 0.3) is 0 Å². The van der Waals surface area contributed by atoms with Crippen molar-refractivity contribution in [3.05, 3.63) is 42.0 Å². The molecule has 126 valence electrons. The number of ether oxygens (including phenoxy) is 2. The summed E-state index contributed by atoms with van der Waals surface area (Å²) in [6.45, 7) is 2.11. The van der Waals surface area contributed by atoms with E-state index in [0.717, 1.165) is 44.1 Å². The zero-order valence-corrected chi connectivity index (χ0v) is 14.0. The second-order valence-electron chi connectivity index (χ2n) is 5.55. The summed E-state index contributed by atoms with van der Waals surface area (Å²) in [5.74, 6) is 1.73. The van der Waals surface area contributed by atoms with Gasteiger partial charge in [-0.05, 0) is 30.5 Å². The normalized spacial score (nSPS) is 15.0. The third-order valence-corrected chi connectivity index (χ3v) is 3.69. The SMILES string of the molecule is CN=C(NCc1cccc(OCCCOC)c1)NC1CC=CC1. The Morgan fingerprint density at radius 1 is 1.26 bits per heavy atom. The first-order valence-electron chi connectivity index (χ1n) is 8.14. The van der Waals surface area contributed by atoms with Crippen molar-refractivity contribution >= 4 is 5.96 Å². The smallest absolute Gasteiger partial charge is 0.191 e. The molecule has 0 spiro atoms. The standard InChI is InChI=1S/C18H27N3O2/c1-19-18(21-16-8-3-4-9-16)20-14-15-7-5-10-17(13-15)23-12-6-11-22-2/h3-5,7,10,13,16H,6,8-9,11-12,14H2,1-2H3,(H2,19,20,21). The molecule has 0 amide bonds. The van der Waals surface area contributed by atoms with Gasteiger partial charge in [0.1, 0.15) is 5.75 Å². The number of hydrogen-bond donors (Lipinski definition) is 2. The van der Waals surface area contributed by atoms with E-state index in [1.807, 2.05) is 12.1 Å². The topological polar surface area (TPSA) is 54.9 Å². The van der Waals surface area contributed by atoms with E-state index in [2.05, 4.69) is 39.9 Å². The Labute approximate surface area is 138 Å². The van der Waals surface area contributed by atoms with Gasteiger partial charge in [-0.3, -0.25) is 4.99 Å². The van der Waals surface area contributed by atoms with Gasteiger partial charge in [-0.2, -0.15) is 0 Å². The van der Waals surface area contributed by atoms with Gasteiger partial charge in [0.05, 0.1) is 6.61 Å². The van der Waals surface area contributed by atoms with E-state index in [1.54, 1.807) is 14.2 Å². The second kappa shape index (κ2) is 9.90. The van der Waals surface area contributed by atoms with Crippen molar-refractivity contribution in [2.24, 2.45) is 4.99 Å². The van der Waals surface area contributed by atoms with Crippen molar-refractivity contribution in [1.82, 2.24) is 10.6 Å². The maximum atomic E-state index is 5.73. The van der Waals surface area contributed by atoms with Crippen LogP contribution in [0, 0.1) is 0 Å². The van der Waals surface area contributed by atoms with Gasteiger partial charge >= 0.3 is 0 Å². The van der Waals surface area contributed by atoms with Crippen LogP contribution >= 0.6 is 0 Å². The molecule has 2 N–H and O–H groups in total. The molecule has 0 aromatic heterocycles. The van der Waals surface area contributed by atoms with E-state index in [9.17, 15) is 0 Å². The Bertz CT molecular complexity index is 521. The minimum absolute atomic E-state index is 0.455. The van der Waals surface area contributed by atoms with Crippen LogP contribution in [-0.2, 0) is 11.3 Å². The van der Waals surface area contributed by atoms with Crippen LogP contribution in [0.4, 0.5) is 0 Å². The van der Waals surface area contributed by atoms with E-state index in [4.69, 9.17) is 9.47 Å². The number of benzene rings is 1. The fourth-order valence-corrected chi connectivity index (χ4v) is 2.45. The Morgan fingerprint density at radius 2 is 2.09 bits per heavy atom. The number of methoxy groups -OCH3 is 1. The van der Waals surface area contributed by atoms with Gasteiger partial charge < -0.3 is 20.1 Å². The first-order chi connectivity index (χ1) is 11.3. The van der Waals surface area contributed by atoms with Gasteiger partial charge in [-0.1, -0.05) is 24.3 Å². The van der Waals surface area contributed by atoms with E-state index in [0.29, 0.717) is 12.6 Å². The Morgan fingerprint density at radius 3 is 2.83 bits per heavy atom. The molecule has 1 aromatic rings. The summed E-state index contributed by atoms with van der Waals surface area (Å²) >= 11 is 0. The third-order valence-electron chi connectivity index (χ3n) is 3.69. The second-order valence-corrected chi connectivity index (χ2v) is 5.55. The number of nitrogens with one attached hydrogen (secondary N) is 2. The lowest BCUT2D eigenvalue weighted by Gasteiger charge is -2.17. The molecule has 0 bridgehead atoms. The van der Waals surface area contributed by atoms with Crippen LogP contribution in [0.1, 0.15) is 24.8 Å². The first-order valence-corrected chi connectivity index (χ1v) is 8.14. The zero-order valence-electron chi connectivity index (χ0n) is 14.0. The van der Waals surface area contributed by atoms with Crippen molar-refractivity contribution in [3.63, 3.8) is 0 Å². The van der Waals surface area contributed by atoms with Crippen LogP contribution in [0.2, 0.25) is 0 Å². The highest BCUT2D eigenvalue weighted by Crippen LogP contribution is 2.13. The molecule has 0 saturated heterocycles. The van der Waals surface area contributed by atoms with Gasteiger partial charge in [0.2, 0.25) is 0 Å². The molecule has 0 heterocycles. The van der Waals surface area contributed by atoms with Gasteiger partial charge in [0.15, 0.2) is 5.96 Å². The highest BCUT2D eigenvalue weighted by atomic mass is 16.5. The molecule has 23 heavy (non-hydrogen) atoms. The summed E-state index contributed by atoms with van der Waals surface area (Å²) in [5, 5.41) is 6.78. The zero-order chi connectivity index (χ0) is 16.3. The average molecular weight is 317 g/mol. The van der Waals surface area contributed by atoms with Crippen LogP contribution in [0.5, 0.6) is 5.75 Å². The molecular weight excluding hydrogens is 290 g/mol. The maximum Gasteiger partial charge on any atom is 0.191 e. The van der Waals surface area contributed by atoms with Crippen molar-refractivity contribution in [1.29, 1.82) is 0 Å². The number of aliphatic imine (C=N–C) groups is 1. The van der Waals surface area contributed by atoms with E-state index in [-0.39, 0.29) is 0 Å². The van der Waals surface area contributed by atoms with Crippen LogP contribution in [0.3, 0.4) is 0 Å². The van der Waals surface area contributed by atoms with Crippen LogP contribution in [0.15, 0.2) is 41.4 Å². The number of rotatable bonds is 8. The predicted octanol–water partition coefficient (Wildman–Crippen LogP) is 2.49. The lowest BCUT2D eigenvalue weighted by molar-refractivity contribution is 0.172. The fourth-order valence-electron chi connectivity index (χ4n) is 2.45. The quantitative estimate of drug-likeness (QED) is 0.335.